The normalized spacial score (nSPS) is 11.1. The number of hydrogen-bond donors (Lipinski definition) is 0. The third-order valence-corrected chi connectivity index (χ3v) is 2.91. The van der Waals surface area contributed by atoms with Crippen LogP contribution in [0, 0.1) is 0 Å². The van der Waals surface area contributed by atoms with E-state index in [1.165, 1.54) is 4.68 Å². The lowest BCUT2D eigenvalue weighted by atomic mass is 10.2. The maximum atomic E-state index is 13.3. The van der Waals surface area contributed by atoms with Crippen LogP contribution in [0.1, 0.15) is 48.6 Å². The number of esters is 1. The number of rotatable bonds is 7. The van der Waals surface area contributed by atoms with E-state index in [9.17, 15) is 13.6 Å². The predicted octanol–water partition coefficient (Wildman–Crippen LogP) is 1.44. The highest BCUT2D eigenvalue weighted by molar-refractivity contribution is 5.90. The van der Waals surface area contributed by atoms with Gasteiger partial charge in [-0.25, -0.2) is 18.3 Å². The van der Waals surface area contributed by atoms with E-state index in [0.29, 0.717) is 12.4 Å². The Morgan fingerprint density at radius 3 is 2.77 bits per heavy atom. The molecule has 0 unspecified atom stereocenters. The first-order valence-corrected chi connectivity index (χ1v) is 6.84. The number of aryl methyl sites for hydroxylation is 1. The zero-order valence-electron chi connectivity index (χ0n) is 12.2. The van der Waals surface area contributed by atoms with Gasteiger partial charge in [0.1, 0.15) is 17.8 Å². The van der Waals surface area contributed by atoms with Crippen molar-refractivity contribution < 1.29 is 18.3 Å². The van der Waals surface area contributed by atoms with Gasteiger partial charge in [0.2, 0.25) is 0 Å². The van der Waals surface area contributed by atoms with E-state index in [0.717, 1.165) is 17.3 Å². The highest BCUT2D eigenvalue weighted by Crippen LogP contribution is 2.24. The SMILES string of the molecule is CCCn1nnnc1Cn1ncc(C(=O)OCC)c1C(F)F. The van der Waals surface area contributed by atoms with Crippen LogP contribution < -0.4 is 0 Å². The number of carbonyl (C=O) groups excluding carboxylic acids is 1. The molecule has 8 nitrogen and oxygen atoms in total. The summed E-state index contributed by atoms with van der Waals surface area (Å²) >= 11 is 0. The average molecular weight is 314 g/mol. The molecule has 0 saturated heterocycles. The summed E-state index contributed by atoms with van der Waals surface area (Å²) in [6.45, 7) is 4.16. The Hall–Kier alpha value is -2.39. The molecule has 0 amide bonds. The summed E-state index contributed by atoms with van der Waals surface area (Å²) in [6.07, 6.45) is -0.988. The number of ether oxygens (including phenoxy) is 1. The standard InChI is InChI=1S/C12H16F2N6O2/c1-3-5-19-9(16-17-18-19)7-20-10(11(13)14)8(6-15-20)12(21)22-4-2/h6,11H,3-5,7H2,1-2H3. The van der Waals surface area contributed by atoms with Crippen molar-refractivity contribution in [3.05, 3.63) is 23.3 Å². The molecule has 2 aromatic heterocycles. The quantitative estimate of drug-likeness (QED) is 0.719. The monoisotopic (exact) mass is 314 g/mol. The van der Waals surface area contributed by atoms with Crippen molar-refractivity contribution in [2.75, 3.05) is 6.61 Å². The molecule has 0 bridgehead atoms. The molecule has 2 heterocycles. The van der Waals surface area contributed by atoms with Crippen LogP contribution in [-0.4, -0.2) is 42.6 Å². The molecule has 120 valence electrons. The van der Waals surface area contributed by atoms with Gasteiger partial charge >= 0.3 is 5.97 Å². The molecule has 0 radical (unpaired) electrons. The first kappa shape index (κ1) is 16.0. The van der Waals surface area contributed by atoms with Gasteiger partial charge in [-0.1, -0.05) is 6.92 Å². The van der Waals surface area contributed by atoms with Crippen LogP contribution in [-0.2, 0) is 17.8 Å². The Kier molecular flexibility index (Phi) is 5.12. The van der Waals surface area contributed by atoms with Crippen LogP contribution in [0.3, 0.4) is 0 Å². The van der Waals surface area contributed by atoms with Gasteiger partial charge in [-0.3, -0.25) is 4.68 Å². The van der Waals surface area contributed by atoms with Gasteiger partial charge in [0, 0.05) is 6.54 Å². The lowest BCUT2D eigenvalue weighted by molar-refractivity contribution is 0.0513. The number of alkyl halides is 2. The van der Waals surface area contributed by atoms with E-state index in [2.05, 4.69) is 20.6 Å². The molecule has 0 aliphatic rings. The fourth-order valence-corrected chi connectivity index (χ4v) is 1.97. The lowest BCUT2D eigenvalue weighted by Gasteiger charge is -2.08. The lowest BCUT2D eigenvalue weighted by Crippen LogP contribution is -2.15. The minimum atomic E-state index is -2.86. The van der Waals surface area contributed by atoms with E-state index in [4.69, 9.17) is 4.74 Å². The van der Waals surface area contributed by atoms with Crippen LogP contribution >= 0.6 is 0 Å². The van der Waals surface area contributed by atoms with Crippen molar-refractivity contribution in [1.29, 1.82) is 0 Å². The molecule has 10 heteroatoms. The van der Waals surface area contributed by atoms with Crippen molar-refractivity contribution in [3.63, 3.8) is 0 Å². The zero-order valence-corrected chi connectivity index (χ0v) is 12.2. The summed E-state index contributed by atoms with van der Waals surface area (Å²) in [5, 5.41) is 15.0. The van der Waals surface area contributed by atoms with Crippen molar-refractivity contribution in [2.45, 2.75) is 39.8 Å². The maximum Gasteiger partial charge on any atom is 0.341 e. The largest absolute Gasteiger partial charge is 0.462 e. The minimum Gasteiger partial charge on any atom is -0.462 e. The van der Waals surface area contributed by atoms with Crippen molar-refractivity contribution in [2.24, 2.45) is 0 Å². The van der Waals surface area contributed by atoms with Crippen molar-refractivity contribution in [1.82, 2.24) is 30.0 Å². The number of nitrogens with zero attached hydrogens (tertiary/aromatic N) is 6. The molecule has 2 rings (SSSR count). The fraction of sp³-hybridized carbons (Fsp3) is 0.583. The molecule has 0 aliphatic carbocycles. The number of tetrazole rings is 1. The first-order chi connectivity index (χ1) is 10.6. The van der Waals surface area contributed by atoms with Crippen molar-refractivity contribution in [3.8, 4) is 0 Å². The van der Waals surface area contributed by atoms with Crippen molar-refractivity contribution >= 4 is 5.97 Å². The molecule has 0 spiro atoms. The molecule has 0 saturated carbocycles. The third-order valence-electron chi connectivity index (χ3n) is 2.91. The molecule has 0 aromatic carbocycles. The average Bonchev–Trinajstić information content (AvgIpc) is 3.07. The predicted molar refractivity (Wildman–Crippen MR) is 70.4 cm³/mol. The van der Waals surface area contributed by atoms with Gasteiger partial charge in [0.05, 0.1) is 12.8 Å². The zero-order chi connectivity index (χ0) is 16.1. The molecular weight excluding hydrogens is 298 g/mol. The molecule has 0 atom stereocenters. The van der Waals surface area contributed by atoms with Gasteiger partial charge in [0.25, 0.3) is 6.43 Å². The summed E-state index contributed by atoms with van der Waals surface area (Å²) in [5.41, 5.74) is -0.740. The summed E-state index contributed by atoms with van der Waals surface area (Å²) < 4.78 is 33.8. The second kappa shape index (κ2) is 7.05. The molecular formula is C12H16F2N6O2. The second-order valence-electron chi connectivity index (χ2n) is 4.44. The van der Waals surface area contributed by atoms with Crippen LogP contribution in [0.15, 0.2) is 6.20 Å². The Labute approximate surface area is 125 Å². The number of aromatic nitrogens is 6. The van der Waals surface area contributed by atoms with Crippen LogP contribution in [0.25, 0.3) is 0 Å². The topological polar surface area (TPSA) is 87.7 Å². The van der Waals surface area contributed by atoms with Crippen LogP contribution in [0.4, 0.5) is 8.78 Å². The van der Waals surface area contributed by atoms with Gasteiger partial charge in [-0.2, -0.15) is 5.10 Å². The molecule has 22 heavy (non-hydrogen) atoms. The van der Waals surface area contributed by atoms with E-state index >= 15 is 0 Å². The van der Waals surface area contributed by atoms with Gasteiger partial charge in [0.15, 0.2) is 5.82 Å². The summed E-state index contributed by atoms with van der Waals surface area (Å²) in [5.74, 6) is -0.431. The van der Waals surface area contributed by atoms with Gasteiger partial charge in [-0.05, 0) is 23.8 Å². The second-order valence-corrected chi connectivity index (χ2v) is 4.44. The molecule has 0 N–H and O–H groups in total. The highest BCUT2D eigenvalue weighted by Gasteiger charge is 2.26. The van der Waals surface area contributed by atoms with E-state index < -0.39 is 18.1 Å². The fourth-order valence-electron chi connectivity index (χ4n) is 1.97. The highest BCUT2D eigenvalue weighted by atomic mass is 19.3. The molecule has 2 aromatic rings. The Morgan fingerprint density at radius 1 is 1.36 bits per heavy atom. The first-order valence-electron chi connectivity index (χ1n) is 6.84. The number of halogens is 2. The Morgan fingerprint density at radius 2 is 2.14 bits per heavy atom. The van der Waals surface area contributed by atoms with E-state index in [1.54, 1.807) is 6.92 Å². The summed E-state index contributed by atoms with van der Waals surface area (Å²) in [7, 11) is 0. The minimum absolute atomic E-state index is 0.0495. The number of carbonyl (C=O) groups is 1. The van der Waals surface area contributed by atoms with Gasteiger partial charge in [-0.15, -0.1) is 5.10 Å². The van der Waals surface area contributed by atoms with Gasteiger partial charge < -0.3 is 4.74 Å². The molecule has 0 fully saturated rings. The van der Waals surface area contributed by atoms with Crippen LogP contribution in [0.2, 0.25) is 0 Å². The molecule has 0 aliphatic heterocycles. The van der Waals surface area contributed by atoms with Crippen LogP contribution in [0.5, 0.6) is 0 Å². The third kappa shape index (κ3) is 3.26. The Bertz CT molecular complexity index is 639. The maximum absolute atomic E-state index is 13.3. The van der Waals surface area contributed by atoms with E-state index in [1.807, 2.05) is 6.92 Å². The summed E-state index contributed by atoms with van der Waals surface area (Å²) in [4.78, 5) is 11.7. The Balaban J connectivity index is 2.31. The smallest absolute Gasteiger partial charge is 0.341 e. The number of hydrogen-bond acceptors (Lipinski definition) is 6. The summed E-state index contributed by atoms with van der Waals surface area (Å²) in [6, 6.07) is 0. The van der Waals surface area contributed by atoms with E-state index in [-0.39, 0.29) is 18.7 Å².